The van der Waals surface area contributed by atoms with Crippen LogP contribution < -0.4 is 20.7 Å². The molecule has 9 nitrogen and oxygen atoms in total. The highest BCUT2D eigenvalue weighted by Crippen LogP contribution is 2.09. The molecule has 0 saturated heterocycles. The molecule has 1 aromatic rings. The summed E-state index contributed by atoms with van der Waals surface area (Å²) in [6.07, 6.45) is 2.32. The van der Waals surface area contributed by atoms with E-state index in [1.807, 2.05) is 0 Å². The molecule has 0 aliphatic carbocycles. The molecule has 1 aromatic heterocycles. The Bertz CT molecular complexity index is 616. The van der Waals surface area contributed by atoms with Crippen molar-refractivity contribution >= 4 is 27.8 Å². The van der Waals surface area contributed by atoms with Gasteiger partial charge in [0.2, 0.25) is 16.0 Å². The van der Waals surface area contributed by atoms with E-state index in [0.717, 1.165) is 6.26 Å². The molecule has 21 heavy (non-hydrogen) atoms. The Kier molecular flexibility index (Phi) is 6.06. The Labute approximate surface area is 123 Å². The number of carbonyl (C=O) groups is 1. The average molecular weight is 314 g/mol. The van der Waals surface area contributed by atoms with Gasteiger partial charge in [-0.25, -0.2) is 22.9 Å². The molecular weight excluding hydrogens is 296 g/mol. The zero-order valence-corrected chi connectivity index (χ0v) is 12.6. The molecule has 116 valence electrons. The first-order valence-corrected chi connectivity index (χ1v) is 7.92. The summed E-state index contributed by atoms with van der Waals surface area (Å²) in [6.45, 7) is 5.69. The maximum atomic E-state index is 11.3. The predicted molar refractivity (Wildman–Crippen MR) is 80.5 cm³/mol. The first-order valence-electron chi connectivity index (χ1n) is 6.03. The van der Waals surface area contributed by atoms with Crippen LogP contribution in [0.2, 0.25) is 0 Å². The fraction of sp³-hybridized carbons (Fsp3) is 0.364. The molecule has 0 aromatic carbocycles. The van der Waals surface area contributed by atoms with Crippen molar-refractivity contribution in [3.63, 3.8) is 0 Å². The average Bonchev–Trinajstić information content (AvgIpc) is 2.33. The van der Waals surface area contributed by atoms with Gasteiger partial charge in [0.25, 0.3) is 0 Å². The van der Waals surface area contributed by atoms with Crippen LogP contribution in [0.4, 0.5) is 16.6 Å². The molecule has 0 atom stereocenters. The van der Waals surface area contributed by atoms with Gasteiger partial charge < -0.3 is 10.6 Å². The van der Waals surface area contributed by atoms with Crippen LogP contribution in [-0.4, -0.2) is 43.8 Å². The van der Waals surface area contributed by atoms with E-state index in [9.17, 15) is 13.2 Å². The standard InChI is InChI=1S/C11H18N6O3S/c1-4-12-11(18)17-10-15-8(2)7-9(16-10)13-5-6-14-21(3,19)20/h4,7,14H,1,5-6H2,2-3H3,(H3,12,13,15,16,17,18). The van der Waals surface area contributed by atoms with Crippen molar-refractivity contribution in [1.82, 2.24) is 20.0 Å². The van der Waals surface area contributed by atoms with Crippen molar-refractivity contribution in [2.24, 2.45) is 0 Å². The van der Waals surface area contributed by atoms with Crippen LogP contribution in [0.15, 0.2) is 18.8 Å². The lowest BCUT2D eigenvalue weighted by Gasteiger charge is -2.09. The van der Waals surface area contributed by atoms with Crippen LogP contribution in [0.1, 0.15) is 5.69 Å². The molecule has 10 heteroatoms. The molecule has 0 radical (unpaired) electrons. The highest BCUT2D eigenvalue weighted by molar-refractivity contribution is 7.88. The molecular formula is C11H18N6O3S. The van der Waals surface area contributed by atoms with E-state index in [1.165, 1.54) is 6.20 Å². The van der Waals surface area contributed by atoms with Crippen molar-refractivity contribution in [3.05, 3.63) is 24.5 Å². The lowest BCUT2D eigenvalue weighted by Crippen LogP contribution is -2.28. The minimum Gasteiger partial charge on any atom is -0.369 e. The van der Waals surface area contributed by atoms with E-state index < -0.39 is 16.1 Å². The fourth-order valence-corrected chi connectivity index (χ4v) is 1.85. The second kappa shape index (κ2) is 7.55. The first kappa shape index (κ1) is 16.9. The number of sulfonamides is 1. The summed E-state index contributed by atoms with van der Waals surface area (Å²) < 4.78 is 24.2. The van der Waals surface area contributed by atoms with Gasteiger partial charge in [0.05, 0.1) is 6.26 Å². The number of urea groups is 1. The van der Waals surface area contributed by atoms with E-state index in [4.69, 9.17) is 0 Å². The molecule has 1 rings (SSSR count). The van der Waals surface area contributed by atoms with Crippen LogP contribution in [0.5, 0.6) is 0 Å². The summed E-state index contributed by atoms with van der Waals surface area (Å²) in [4.78, 5) is 19.5. The summed E-state index contributed by atoms with van der Waals surface area (Å²) >= 11 is 0. The molecule has 1 heterocycles. The van der Waals surface area contributed by atoms with Crippen LogP contribution in [0, 0.1) is 6.92 Å². The second-order valence-electron chi connectivity index (χ2n) is 4.11. The number of aryl methyl sites for hydroxylation is 1. The SMILES string of the molecule is C=CNC(=O)Nc1nc(C)cc(NCCNS(C)(=O)=O)n1. The quantitative estimate of drug-likeness (QED) is 0.525. The number of hydrogen-bond acceptors (Lipinski definition) is 6. The second-order valence-corrected chi connectivity index (χ2v) is 5.95. The molecule has 0 fully saturated rings. The van der Waals surface area contributed by atoms with Gasteiger partial charge >= 0.3 is 6.03 Å². The maximum Gasteiger partial charge on any atom is 0.325 e. The van der Waals surface area contributed by atoms with E-state index in [0.29, 0.717) is 18.1 Å². The molecule has 0 aliphatic heterocycles. The van der Waals surface area contributed by atoms with Gasteiger partial charge in [0.1, 0.15) is 5.82 Å². The molecule has 0 bridgehead atoms. The van der Waals surface area contributed by atoms with Gasteiger partial charge in [0.15, 0.2) is 0 Å². The minimum absolute atomic E-state index is 0.132. The predicted octanol–water partition coefficient (Wildman–Crippen LogP) is 0.0111. The Morgan fingerprint density at radius 2 is 2.10 bits per heavy atom. The largest absolute Gasteiger partial charge is 0.369 e. The molecule has 0 unspecified atom stereocenters. The van der Waals surface area contributed by atoms with Gasteiger partial charge in [-0.2, -0.15) is 4.98 Å². The Morgan fingerprint density at radius 1 is 1.38 bits per heavy atom. The smallest absolute Gasteiger partial charge is 0.325 e. The summed E-state index contributed by atoms with van der Waals surface area (Å²) in [5.74, 6) is 0.611. The van der Waals surface area contributed by atoms with Crippen LogP contribution >= 0.6 is 0 Å². The number of carbonyl (C=O) groups excluding carboxylic acids is 1. The number of amides is 2. The van der Waals surface area contributed by atoms with Crippen molar-refractivity contribution in [1.29, 1.82) is 0 Å². The third-order valence-corrected chi connectivity index (χ3v) is 2.84. The third kappa shape index (κ3) is 7.22. The summed E-state index contributed by atoms with van der Waals surface area (Å²) in [6, 6.07) is 1.18. The topological polar surface area (TPSA) is 125 Å². The minimum atomic E-state index is -3.21. The Hall–Kier alpha value is -2.20. The maximum absolute atomic E-state index is 11.3. The molecule has 0 saturated carbocycles. The highest BCUT2D eigenvalue weighted by Gasteiger charge is 2.06. The third-order valence-electron chi connectivity index (χ3n) is 2.11. The lowest BCUT2D eigenvalue weighted by atomic mass is 10.4. The zero-order chi connectivity index (χ0) is 15.9. The van der Waals surface area contributed by atoms with Gasteiger partial charge in [0, 0.05) is 24.8 Å². The summed E-state index contributed by atoms with van der Waals surface area (Å²) in [7, 11) is -3.21. The zero-order valence-electron chi connectivity index (χ0n) is 11.8. The van der Waals surface area contributed by atoms with E-state index in [-0.39, 0.29) is 12.5 Å². The lowest BCUT2D eigenvalue weighted by molar-refractivity contribution is 0.255. The normalized spacial score (nSPS) is 10.8. The van der Waals surface area contributed by atoms with E-state index >= 15 is 0 Å². The first-order chi connectivity index (χ1) is 9.80. The van der Waals surface area contributed by atoms with E-state index in [2.05, 4.69) is 37.2 Å². The van der Waals surface area contributed by atoms with Crippen LogP contribution in [0.25, 0.3) is 0 Å². The Morgan fingerprint density at radius 3 is 2.71 bits per heavy atom. The van der Waals surface area contributed by atoms with Crippen LogP contribution in [-0.2, 0) is 10.0 Å². The molecule has 2 amide bonds. The van der Waals surface area contributed by atoms with Crippen molar-refractivity contribution in [2.45, 2.75) is 6.92 Å². The van der Waals surface area contributed by atoms with Crippen LogP contribution in [0.3, 0.4) is 0 Å². The van der Waals surface area contributed by atoms with Gasteiger partial charge in [-0.1, -0.05) is 6.58 Å². The number of hydrogen-bond donors (Lipinski definition) is 4. The number of anilines is 2. The number of aromatic nitrogens is 2. The van der Waals surface area contributed by atoms with Gasteiger partial charge in [-0.05, 0) is 13.1 Å². The molecule has 0 spiro atoms. The summed E-state index contributed by atoms with van der Waals surface area (Å²) in [5.41, 5.74) is 0.650. The number of nitrogens with one attached hydrogen (secondary N) is 4. The number of nitrogens with zero attached hydrogens (tertiary/aromatic N) is 2. The van der Waals surface area contributed by atoms with Gasteiger partial charge in [-0.15, -0.1) is 0 Å². The monoisotopic (exact) mass is 314 g/mol. The van der Waals surface area contributed by atoms with Crippen molar-refractivity contribution < 1.29 is 13.2 Å². The summed E-state index contributed by atoms with van der Waals surface area (Å²) in [5, 5.41) is 7.72. The highest BCUT2D eigenvalue weighted by atomic mass is 32.2. The Balaban J connectivity index is 2.60. The molecule has 4 N–H and O–H groups in total. The molecule has 0 aliphatic rings. The van der Waals surface area contributed by atoms with E-state index in [1.54, 1.807) is 13.0 Å². The van der Waals surface area contributed by atoms with Gasteiger partial charge in [-0.3, -0.25) is 5.32 Å². The van der Waals surface area contributed by atoms with Crippen molar-refractivity contribution in [3.8, 4) is 0 Å². The van der Waals surface area contributed by atoms with Crippen molar-refractivity contribution in [2.75, 3.05) is 30.0 Å². The fourth-order valence-electron chi connectivity index (χ4n) is 1.37. The number of rotatable bonds is 7.